The molecule has 0 aliphatic carbocycles. The van der Waals surface area contributed by atoms with Crippen molar-refractivity contribution in [1.29, 1.82) is 0 Å². The minimum absolute atomic E-state index is 0.0764. The van der Waals surface area contributed by atoms with Gasteiger partial charge in [-0.15, -0.1) is 0 Å². The van der Waals surface area contributed by atoms with E-state index in [0.29, 0.717) is 19.6 Å². The van der Waals surface area contributed by atoms with Crippen LogP contribution in [0.15, 0.2) is 60.7 Å². The summed E-state index contributed by atoms with van der Waals surface area (Å²) >= 11 is 0. The van der Waals surface area contributed by atoms with Gasteiger partial charge in [-0.2, -0.15) is 0 Å². The van der Waals surface area contributed by atoms with Crippen LogP contribution in [0, 0.1) is 0 Å². The molecule has 1 fully saturated rings. The molecule has 0 bridgehead atoms. The van der Waals surface area contributed by atoms with E-state index in [9.17, 15) is 5.11 Å². The molecule has 1 saturated heterocycles. The molecule has 3 rings (SSSR count). The molecule has 1 N–H and O–H groups in total. The Bertz CT molecular complexity index is 836. The smallest absolute Gasteiger partial charge is 0.192 e. The second kappa shape index (κ2) is 10.2. The van der Waals surface area contributed by atoms with Crippen LogP contribution in [0.3, 0.4) is 0 Å². The fourth-order valence-electron chi connectivity index (χ4n) is 3.82. The zero-order chi connectivity index (χ0) is 23.4. The summed E-state index contributed by atoms with van der Waals surface area (Å²) in [6, 6.07) is 19.9. The SMILES string of the molecule is COC1O[C@H](CO[Si](C)(C)C(C)(C)C)[C@@H](OCc2ccccc2)[C@@]1(O)Cc1ccccc1. The third kappa shape index (κ3) is 5.68. The molecule has 1 aliphatic heterocycles. The predicted molar refractivity (Wildman–Crippen MR) is 129 cm³/mol. The van der Waals surface area contributed by atoms with Crippen LogP contribution in [-0.2, 0) is 31.7 Å². The van der Waals surface area contributed by atoms with E-state index in [-0.39, 0.29) is 5.04 Å². The molecule has 5 nitrogen and oxygen atoms in total. The predicted octanol–water partition coefficient (Wildman–Crippen LogP) is 4.94. The van der Waals surface area contributed by atoms with E-state index in [2.05, 4.69) is 33.9 Å². The van der Waals surface area contributed by atoms with Gasteiger partial charge in [0.1, 0.15) is 17.8 Å². The van der Waals surface area contributed by atoms with Crippen molar-refractivity contribution in [2.75, 3.05) is 13.7 Å². The molecule has 176 valence electrons. The fraction of sp³-hybridized carbons (Fsp3) is 0.538. The Morgan fingerprint density at radius 1 is 0.969 bits per heavy atom. The maximum absolute atomic E-state index is 11.9. The van der Waals surface area contributed by atoms with Crippen molar-refractivity contribution < 1.29 is 23.7 Å². The maximum atomic E-state index is 11.9. The third-order valence-corrected chi connectivity index (χ3v) is 11.3. The first-order valence-electron chi connectivity index (χ1n) is 11.3. The van der Waals surface area contributed by atoms with Crippen LogP contribution >= 0.6 is 0 Å². The van der Waals surface area contributed by atoms with Gasteiger partial charge in [-0.3, -0.25) is 0 Å². The summed E-state index contributed by atoms with van der Waals surface area (Å²) in [4.78, 5) is 0. The highest BCUT2D eigenvalue weighted by atomic mass is 28.4. The van der Waals surface area contributed by atoms with E-state index in [0.717, 1.165) is 11.1 Å². The molecule has 1 unspecified atom stereocenters. The van der Waals surface area contributed by atoms with Crippen molar-refractivity contribution in [1.82, 2.24) is 0 Å². The van der Waals surface area contributed by atoms with Gasteiger partial charge in [0.2, 0.25) is 0 Å². The van der Waals surface area contributed by atoms with Gasteiger partial charge in [0.25, 0.3) is 0 Å². The summed E-state index contributed by atoms with van der Waals surface area (Å²) in [5.41, 5.74) is 0.700. The third-order valence-electron chi connectivity index (χ3n) is 6.77. The summed E-state index contributed by atoms with van der Waals surface area (Å²) in [5.74, 6) is 0. The highest BCUT2D eigenvalue weighted by molar-refractivity contribution is 6.74. The van der Waals surface area contributed by atoms with E-state index in [1.54, 1.807) is 7.11 Å². The Labute approximate surface area is 193 Å². The minimum atomic E-state index is -2.00. The number of rotatable bonds is 9. The van der Waals surface area contributed by atoms with Crippen LogP contribution in [0.1, 0.15) is 31.9 Å². The summed E-state index contributed by atoms with van der Waals surface area (Å²) in [7, 11) is -0.438. The average molecular weight is 459 g/mol. The quantitative estimate of drug-likeness (QED) is 0.540. The van der Waals surface area contributed by atoms with Crippen LogP contribution in [0.4, 0.5) is 0 Å². The Balaban J connectivity index is 1.85. The molecule has 0 saturated carbocycles. The van der Waals surface area contributed by atoms with E-state index in [1.165, 1.54) is 0 Å². The van der Waals surface area contributed by atoms with E-state index >= 15 is 0 Å². The Kier molecular flexibility index (Phi) is 7.96. The molecule has 0 aromatic heterocycles. The van der Waals surface area contributed by atoms with Crippen LogP contribution in [-0.4, -0.2) is 51.2 Å². The highest BCUT2D eigenvalue weighted by Crippen LogP contribution is 2.40. The Morgan fingerprint density at radius 3 is 2.06 bits per heavy atom. The van der Waals surface area contributed by atoms with Gasteiger partial charge in [-0.1, -0.05) is 81.4 Å². The lowest BCUT2D eigenvalue weighted by Crippen LogP contribution is -2.53. The lowest BCUT2D eigenvalue weighted by atomic mass is 9.88. The van der Waals surface area contributed by atoms with Crippen molar-refractivity contribution in [3.05, 3.63) is 71.8 Å². The largest absolute Gasteiger partial charge is 0.414 e. The molecular formula is C26H38O5Si. The van der Waals surface area contributed by atoms with E-state index < -0.39 is 32.4 Å². The molecule has 2 aromatic rings. The molecule has 32 heavy (non-hydrogen) atoms. The maximum Gasteiger partial charge on any atom is 0.192 e. The van der Waals surface area contributed by atoms with Gasteiger partial charge >= 0.3 is 0 Å². The van der Waals surface area contributed by atoms with E-state index in [4.69, 9.17) is 18.6 Å². The molecule has 0 radical (unpaired) electrons. The number of benzene rings is 2. The van der Waals surface area contributed by atoms with Crippen LogP contribution < -0.4 is 0 Å². The molecule has 0 spiro atoms. The monoisotopic (exact) mass is 458 g/mol. The number of methoxy groups -OCH3 is 1. The van der Waals surface area contributed by atoms with E-state index in [1.807, 2.05) is 60.7 Å². The topological polar surface area (TPSA) is 57.2 Å². The summed E-state index contributed by atoms with van der Waals surface area (Å²) in [5, 5.41) is 12.0. The summed E-state index contributed by atoms with van der Waals surface area (Å²) in [6.45, 7) is 11.8. The van der Waals surface area contributed by atoms with Crippen molar-refractivity contribution in [2.24, 2.45) is 0 Å². The normalized spacial score (nSPS) is 26.4. The summed E-state index contributed by atoms with van der Waals surface area (Å²) < 4.78 is 24.6. The lowest BCUT2D eigenvalue weighted by Gasteiger charge is -2.38. The highest BCUT2D eigenvalue weighted by Gasteiger charge is 2.57. The zero-order valence-electron chi connectivity index (χ0n) is 20.2. The van der Waals surface area contributed by atoms with Gasteiger partial charge in [-0.25, -0.2) is 0 Å². The van der Waals surface area contributed by atoms with Crippen molar-refractivity contribution >= 4 is 8.32 Å². The van der Waals surface area contributed by atoms with Gasteiger partial charge in [0, 0.05) is 13.5 Å². The first-order valence-corrected chi connectivity index (χ1v) is 14.2. The van der Waals surface area contributed by atoms with Gasteiger partial charge in [0.05, 0.1) is 13.2 Å². The molecule has 2 aromatic carbocycles. The van der Waals surface area contributed by atoms with Gasteiger partial charge in [-0.05, 0) is 29.3 Å². The second-order valence-corrected chi connectivity index (χ2v) is 15.0. The Hall–Kier alpha value is -1.54. The first kappa shape index (κ1) is 25.1. The van der Waals surface area contributed by atoms with Crippen LogP contribution in [0.5, 0.6) is 0 Å². The molecule has 4 atom stereocenters. The van der Waals surface area contributed by atoms with Crippen molar-refractivity contribution in [2.45, 2.75) is 76.0 Å². The number of hydrogen-bond acceptors (Lipinski definition) is 5. The Morgan fingerprint density at radius 2 is 1.53 bits per heavy atom. The van der Waals surface area contributed by atoms with Crippen LogP contribution in [0.2, 0.25) is 18.1 Å². The molecule has 6 heteroatoms. The number of hydrogen-bond donors (Lipinski definition) is 1. The minimum Gasteiger partial charge on any atom is -0.414 e. The molecule has 0 amide bonds. The molecule has 1 aliphatic rings. The summed E-state index contributed by atoms with van der Waals surface area (Å²) in [6.07, 6.45) is -1.48. The zero-order valence-corrected chi connectivity index (χ0v) is 21.2. The van der Waals surface area contributed by atoms with Crippen molar-refractivity contribution in [3.63, 3.8) is 0 Å². The molecular weight excluding hydrogens is 420 g/mol. The average Bonchev–Trinajstić information content (AvgIpc) is 3.02. The standard InChI is InChI=1S/C26H38O5Si/c1-25(2,3)32(5,6)30-19-22-23(29-18-21-15-11-8-12-16-21)26(27,24(28-4)31-22)17-20-13-9-7-10-14-20/h7-16,22-24,27H,17-19H2,1-6H3/t22-,23-,24?,26+/m1/s1. The van der Waals surface area contributed by atoms with Crippen molar-refractivity contribution in [3.8, 4) is 0 Å². The molecule has 1 heterocycles. The number of ether oxygens (including phenoxy) is 3. The van der Waals surface area contributed by atoms with Gasteiger partial charge < -0.3 is 23.7 Å². The fourth-order valence-corrected chi connectivity index (χ4v) is 4.83. The van der Waals surface area contributed by atoms with Gasteiger partial charge in [0.15, 0.2) is 14.6 Å². The number of aliphatic hydroxyl groups is 1. The van der Waals surface area contributed by atoms with Crippen LogP contribution in [0.25, 0.3) is 0 Å². The second-order valence-electron chi connectivity index (χ2n) is 10.2. The lowest BCUT2D eigenvalue weighted by molar-refractivity contribution is -0.196. The first-order chi connectivity index (χ1) is 15.1.